The minimum Gasteiger partial charge on any atom is -0.327 e. The van der Waals surface area contributed by atoms with E-state index in [1.54, 1.807) is 6.07 Å². The molecule has 0 radical (unpaired) electrons. The van der Waals surface area contributed by atoms with Gasteiger partial charge in [0.2, 0.25) is 0 Å². The quantitative estimate of drug-likeness (QED) is 0.891. The standard InChI is InChI=1S/C16H19F2N/c17-11-4-1-8(5-12(11)18)6-13(19)16-14-9-2-3-10(7-9)15(14)16/h1,4-5,9-10,13-16H,2-3,6-7,19H2. The first kappa shape index (κ1) is 11.8. The minimum atomic E-state index is -0.779. The molecule has 1 aromatic carbocycles. The predicted octanol–water partition coefficient (Wildman–Crippen LogP) is 3.13. The molecule has 0 heterocycles. The van der Waals surface area contributed by atoms with E-state index in [1.807, 2.05) is 0 Å². The van der Waals surface area contributed by atoms with Gasteiger partial charge >= 0.3 is 0 Å². The third-order valence-corrected chi connectivity index (χ3v) is 5.74. The number of hydrogen-bond donors (Lipinski definition) is 1. The van der Waals surface area contributed by atoms with E-state index in [4.69, 9.17) is 5.73 Å². The van der Waals surface area contributed by atoms with Crippen molar-refractivity contribution >= 4 is 0 Å². The van der Waals surface area contributed by atoms with Gasteiger partial charge in [0.15, 0.2) is 11.6 Å². The zero-order valence-electron chi connectivity index (χ0n) is 10.9. The van der Waals surface area contributed by atoms with Gasteiger partial charge in [-0.05, 0) is 73.0 Å². The first-order valence-electron chi connectivity index (χ1n) is 7.34. The van der Waals surface area contributed by atoms with E-state index in [2.05, 4.69) is 0 Å². The average Bonchev–Trinajstić information content (AvgIpc) is 2.83. The summed E-state index contributed by atoms with van der Waals surface area (Å²) >= 11 is 0. The van der Waals surface area contributed by atoms with E-state index in [0.29, 0.717) is 12.3 Å². The Kier molecular flexibility index (Phi) is 2.50. The molecular weight excluding hydrogens is 244 g/mol. The Morgan fingerprint density at radius 3 is 2.42 bits per heavy atom. The van der Waals surface area contributed by atoms with E-state index in [1.165, 1.54) is 31.4 Å². The molecular formula is C16H19F2N. The lowest BCUT2D eigenvalue weighted by Gasteiger charge is -2.16. The van der Waals surface area contributed by atoms with Crippen LogP contribution in [0.5, 0.6) is 0 Å². The summed E-state index contributed by atoms with van der Waals surface area (Å²) in [5.74, 6) is 2.61. The van der Waals surface area contributed by atoms with E-state index in [9.17, 15) is 8.78 Å². The summed E-state index contributed by atoms with van der Waals surface area (Å²) in [5, 5.41) is 0. The first-order valence-corrected chi connectivity index (χ1v) is 7.34. The maximum atomic E-state index is 13.2. The van der Waals surface area contributed by atoms with Crippen molar-refractivity contribution in [2.75, 3.05) is 0 Å². The van der Waals surface area contributed by atoms with Crippen LogP contribution in [0.25, 0.3) is 0 Å². The second-order valence-corrected chi connectivity index (χ2v) is 6.68. The molecule has 0 amide bonds. The van der Waals surface area contributed by atoms with E-state index in [0.717, 1.165) is 29.2 Å². The molecule has 0 spiro atoms. The summed E-state index contributed by atoms with van der Waals surface area (Å²) in [4.78, 5) is 0. The van der Waals surface area contributed by atoms with Crippen molar-refractivity contribution in [1.82, 2.24) is 0 Å². The van der Waals surface area contributed by atoms with Crippen molar-refractivity contribution < 1.29 is 8.78 Å². The smallest absolute Gasteiger partial charge is 0.159 e. The molecule has 3 heteroatoms. The van der Waals surface area contributed by atoms with Gasteiger partial charge in [0.1, 0.15) is 0 Å². The molecule has 1 nitrogen and oxygen atoms in total. The zero-order valence-corrected chi connectivity index (χ0v) is 10.9. The highest BCUT2D eigenvalue weighted by Gasteiger charge is 2.65. The summed E-state index contributed by atoms with van der Waals surface area (Å²) in [6.07, 6.45) is 4.87. The molecule has 3 aliphatic rings. The van der Waals surface area contributed by atoms with Crippen LogP contribution in [0, 0.1) is 41.2 Å². The van der Waals surface area contributed by atoms with Gasteiger partial charge in [0.25, 0.3) is 0 Å². The second kappa shape index (κ2) is 4.02. The molecule has 0 aromatic heterocycles. The number of benzene rings is 1. The van der Waals surface area contributed by atoms with Gasteiger partial charge in [-0.25, -0.2) is 8.78 Å². The Morgan fingerprint density at radius 1 is 1.11 bits per heavy atom. The lowest BCUT2D eigenvalue weighted by molar-refractivity contribution is 0.409. The Bertz CT molecular complexity index is 499. The summed E-state index contributed by atoms with van der Waals surface area (Å²) in [7, 11) is 0. The van der Waals surface area contributed by atoms with Crippen molar-refractivity contribution in [3.63, 3.8) is 0 Å². The van der Waals surface area contributed by atoms with Gasteiger partial charge in [0.05, 0.1) is 0 Å². The fourth-order valence-corrected chi connectivity index (χ4v) is 5.04. The van der Waals surface area contributed by atoms with Gasteiger partial charge < -0.3 is 5.73 Å². The molecule has 1 aromatic rings. The average molecular weight is 263 g/mol. The molecule has 5 atom stereocenters. The van der Waals surface area contributed by atoms with Crippen molar-refractivity contribution in [3.8, 4) is 0 Å². The summed E-state index contributed by atoms with van der Waals surface area (Å²) in [5.41, 5.74) is 7.15. The van der Waals surface area contributed by atoms with Crippen LogP contribution in [0.2, 0.25) is 0 Å². The summed E-state index contributed by atoms with van der Waals surface area (Å²) in [6, 6.07) is 4.27. The molecule has 2 N–H and O–H groups in total. The largest absolute Gasteiger partial charge is 0.327 e. The van der Waals surface area contributed by atoms with Gasteiger partial charge in [-0.15, -0.1) is 0 Å². The topological polar surface area (TPSA) is 26.0 Å². The molecule has 3 saturated carbocycles. The third-order valence-electron chi connectivity index (χ3n) is 5.74. The third kappa shape index (κ3) is 1.74. The summed E-state index contributed by atoms with van der Waals surface area (Å²) < 4.78 is 26.1. The van der Waals surface area contributed by atoms with Crippen LogP contribution in [0.1, 0.15) is 24.8 Å². The maximum Gasteiger partial charge on any atom is 0.159 e. The minimum absolute atomic E-state index is 0.114. The van der Waals surface area contributed by atoms with Crippen LogP contribution < -0.4 is 5.73 Å². The van der Waals surface area contributed by atoms with Gasteiger partial charge in [-0.2, -0.15) is 0 Å². The van der Waals surface area contributed by atoms with Crippen LogP contribution in [-0.2, 0) is 6.42 Å². The fourth-order valence-electron chi connectivity index (χ4n) is 5.04. The highest BCUT2D eigenvalue weighted by Crippen LogP contribution is 2.70. The predicted molar refractivity (Wildman–Crippen MR) is 69.3 cm³/mol. The van der Waals surface area contributed by atoms with Crippen molar-refractivity contribution in [2.45, 2.75) is 31.7 Å². The highest BCUT2D eigenvalue weighted by atomic mass is 19.2. The van der Waals surface area contributed by atoms with Crippen molar-refractivity contribution in [1.29, 1.82) is 0 Å². The van der Waals surface area contributed by atoms with Gasteiger partial charge in [-0.3, -0.25) is 0 Å². The number of hydrogen-bond acceptors (Lipinski definition) is 1. The van der Waals surface area contributed by atoms with Crippen LogP contribution >= 0.6 is 0 Å². The molecule has 19 heavy (non-hydrogen) atoms. The van der Waals surface area contributed by atoms with Crippen LogP contribution in [-0.4, -0.2) is 6.04 Å². The number of halogens is 2. The van der Waals surface area contributed by atoms with Gasteiger partial charge in [0, 0.05) is 6.04 Å². The molecule has 0 aliphatic heterocycles. The normalized spacial score (nSPS) is 40.3. The monoisotopic (exact) mass is 263 g/mol. The van der Waals surface area contributed by atoms with E-state index >= 15 is 0 Å². The lowest BCUT2D eigenvalue weighted by Crippen LogP contribution is -2.28. The van der Waals surface area contributed by atoms with Crippen LogP contribution in [0.4, 0.5) is 8.78 Å². The molecule has 3 aliphatic carbocycles. The Labute approximate surface area is 112 Å². The molecule has 2 bridgehead atoms. The molecule has 5 unspecified atom stereocenters. The Balaban J connectivity index is 1.45. The second-order valence-electron chi connectivity index (χ2n) is 6.68. The highest BCUT2D eigenvalue weighted by molar-refractivity contribution is 5.22. The molecule has 3 fully saturated rings. The lowest BCUT2D eigenvalue weighted by atomic mass is 9.94. The Hall–Kier alpha value is -0.960. The first-order chi connectivity index (χ1) is 9.15. The molecule has 0 saturated heterocycles. The zero-order chi connectivity index (χ0) is 13.1. The SMILES string of the molecule is NC(Cc1ccc(F)c(F)c1)C1C2C3CCC(C3)C12. The molecule has 102 valence electrons. The number of nitrogens with two attached hydrogens (primary N) is 1. The molecule has 4 rings (SSSR count). The van der Waals surface area contributed by atoms with Crippen molar-refractivity contribution in [2.24, 2.45) is 35.3 Å². The fraction of sp³-hybridized carbons (Fsp3) is 0.625. The Morgan fingerprint density at radius 2 is 1.79 bits per heavy atom. The number of fused-ring (bicyclic) bond motifs is 5. The van der Waals surface area contributed by atoms with Gasteiger partial charge in [-0.1, -0.05) is 6.07 Å². The van der Waals surface area contributed by atoms with Crippen LogP contribution in [0.3, 0.4) is 0 Å². The maximum absolute atomic E-state index is 13.2. The van der Waals surface area contributed by atoms with Crippen molar-refractivity contribution in [3.05, 3.63) is 35.4 Å². The summed E-state index contributed by atoms with van der Waals surface area (Å²) in [6.45, 7) is 0. The van der Waals surface area contributed by atoms with E-state index < -0.39 is 11.6 Å². The number of rotatable bonds is 3. The van der Waals surface area contributed by atoms with Crippen LogP contribution in [0.15, 0.2) is 18.2 Å². The van der Waals surface area contributed by atoms with E-state index in [-0.39, 0.29) is 6.04 Å².